The van der Waals surface area contributed by atoms with Gasteiger partial charge in [0.15, 0.2) is 15.0 Å². The summed E-state index contributed by atoms with van der Waals surface area (Å²) in [5.41, 5.74) is 0.768. The van der Waals surface area contributed by atoms with E-state index < -0.39 is 21.5 Å². The maximum atomic E-state index is 13.1. The zero-order valence-electron chi connectivity index (χ0n) is 16.5. The number of carbonyl (C=O) groups is 1. The molecular formula is C20H21BrClN3O3S2. The Kier molecular flexibility index (Phi) is 7.52. The molecule has 0 saturated carbocycles. The Labute approximate surface area is 193 Å². The van der Waals surface area contributed by atoms with Crippen LogP contribution in [-0.4, -0.2) is 57.1 Å². The molecule has 1 aromatic heterocycles. The quantitative estimate of drug-likeness (QED) is 0.430. The predicted molar refractivity (Wildman–Crippen MR) is 126 cm³/mol. The Balaban J connectivity index is 1.88. The molecule has 0 fully saturated rings. The van der Waals surface area contributed by atoms with Gasteiger partial charge in [-0.15, -0.1) is 0 Å². The first-order valence-electron chi connectivity index (χ1n) is 9.15. The molecule has 1 amide bonds. The SMILES string of the molecule is CN(C)CCCN(C(=O)CS(=O)(=O)c1ccc(Cl)cc1)c1nc2ccc(Br)cc2s1. The van der Waals surface area contributed by atoms with Crippen molar-refractivity contribution < 1.29 is 13.2 Å². The molecule has 0 radical (unpaired) electrons. The Morgan fingerprint density at radius 1 is 1.13 bits per heavy atom. The third kappa shape index (κ3) is 5.79. The summed E-state index contributed by atoms with van der Waals surface area (Å²) in [7, 11) is 0.103. The lowest BCUT2D eigenvalue weighted by Gasteiger charge is -2.21. The molecule has 0 atom stereocenters. The summed E-state index contributed by atoms with van der Waals surface area (Å²) >= 11 is 10.7. The van der Waals surface area contributed by atoms with Crippen LogP contribution in [0.25, 0.3) is 10.2 Å². The fourth-order valence-corrected chi connectivity index (χ4v) is 5.72. The van der Waals surface area contributed by atoms with Gasteiger partial charge in [0, 0.05) is 16.0 Å². The van der Waals surface area contributed by atoms with Gasteiger partial charge in [0.2, 0.25) is 5.91 Å². The van der Waals surface area contributed by atoms with Crippen LogP contribution in [0.5, 0.6) is 0 Å². The van der Waals surface area contributed by atoms with E-state index in [0.29, 0.717) is 23.1 Å². The van der Waals surface area contributed by atoms with Gasteiger partial charge in [0.1, 0.15) is 5.75 Å². The van der Waals surface area contributed by atoms with Crippen LogP contribution in [0, 0.1) is 0 Å². The molecule has 3 rings (SSSR count). The van der Waals surface area contributed by atoms with E-state index in [-0.39, 0.29) is 4.90 Å². The normalized spacial score (nSPS) is 11.9. The molecule has 0 aliphatic heterocycles. The van der Waals surface area contributed by atoms with Crippen molar-refractivity contribution in [3.8, 4) is 0 Å². The molecule has 1 heterocycles. The van der Waals surface area contributed by atoms with E-state index in [0.717, 1.165) is 21.2 Å². The number of thiazole rings is 1. The zero-order valence-corrected chi connectivity index (χ0v) is 20.5. The Morgan fingerprint density at radius 2 is 1.83 bits per heavy atom. The third-order valence-electron chi connectivity index (χ3n) is 4.34. The van der Waals surface area contributed by atoms with Gasteiger partial charge < -0.3 is 4.90 Å². The highest BCUT2D eigenvalue weighted by molar-refractivity contribution is 9.10. The largest absolute Gasteiger partial charge is 0.309 e. The Morgan fingerprint density at radius 3 is 2.50 bits per heavy atom. The number of aromatic nitrogens is 1. The van der Waals surface area contributed by atoms with Crippen LogP contribution in [0.1, 0.15) is 6.42 Å². The summed E-state index contributed by atoms with van der Waals surface area (Å²) < 4.78 is 27.4. The van der Waals surface area contributed by atoms with Gasteiger partial charge in [-0.05, 0) is 69.5 Å². The van der Waals surface area contributed by atoms with Crippen LogP contribution in [0.15, 0.2) is 51.8 Å². The average molecular weight is 531 g/mol. The lowest BCUT2D eigenvalue weighted by Crippen LogP contribution is -2.37. The second kappa shape index (κ2) is 9.74. The van der Waals surface area contributed by atoms with E-state index in [1.54, 1.807) is 0 Å². The zero-order chi connectivity index (χ0) is 21.9. The van der Waals surface area contributed by atoms with Crippen molar-refractivity contribution in [2.45, 2.75) is 11.3 Å². The topological polar surface area (TPSA) is 70.6 Å². The van der Waals surface area contributed by atoms with Gasteiger partial charge >= 0.3 is 0 Å². The van der Waals surface area contributed by atoms with Crippen molar-refractivity contribution in [1.29, 1.82) is 0 Å². The number of sulfone groups is 1. The van der Waals surface area contributed by atoms with E-state index in [1.165, 1.54) is 40.5 Å². The first-order chi connectivity index (χ1) is 14.2. The van der Waals surface area contributed by atoms with Crippen molar-refractivity contribution in [1.82, 2.24) is 9.88 Å². The molecule has 3 aromatic rings. The number of fused-ring (bicyclic) bond motifs is 1. The summed E-state index contributed by atoms with van der Waals surface area (Å²) in [6.45, 7) is 1.15. The monoisotopic (exact) mass is 529 g/mol. The van der Waals surface area contributed by atoms with E-state index in [2.05, 4.69) is 20.9 Å². The highest BCUT2D eigenvalue weighted by atomic mass is 79.9. The lowest BCUT2D eigenvalue weighted by atomic mass is 10.3. The Hall–Kier alpha value is -1.52. The minimum absolute atomic E-state index is 0.0710. The van der Waals surface area contributed by atoms with Crippen LogP contribution in [0.3, 0.4) is 0 Å². The van der Waals surface area contributed by atoms with Gasteiger partial charge in [-0.3, -0.25) is 9.69 Å². The van der Waals surface area contributed by atoms with Crippen LogP contribution in [-0.2, 0) is 14.6 Å². The minimum Gasteiger partial charge on any atom is -0.309 e. The molecule has 0 spiro atoms. The summed E-state index contributed by atoms with van der Waals surface area (Å²) in [6.07, 6.45) is 0.694. The number of anilines is 1. The molecule has 6 nitrogen and oxygen atoms in total. The summed E-state index contributed by atoms with van der Waals surface area (Å²) in [4.78, 5) is 21.2. The smallest absolute Gasteiger partial charge is 0.244 e. The average Bonchev–Trinajstić information content (AvgIpc) is 3.07. The number of carbonyl (C=O) groups excluding carboxylic acids is 1. The Bertz CT molecular complexity index is 1150. The van der Waals surface area contributed by atoms with Gasteiger partial charge in [0.25, 0.3) is 0 Å². The van der Waals surface area contributed by atoms with E-state index >= 15 is 0 Å². The van der Waals surface area contributed by atoms with Crippen molar-refractivity contribution in [3.05, 3.63) is 52.0 Å². The summed E-state index contributed by atoms with van der Waals surface area (Å²) in [6, 6.07) is 11.5. The molecule has 2 aromatic carbocycles. The van der Waals surface area contributed by atoms with E-state index in [9.17, 15) is 13.2 Å². The molecule has 30 heavy (non-hydrogen) atoms. The number of halogens is 2. The van der Waals surface area contributed by atoms with Crippen LogP contribution >= 0.6 is 38.9 Å². The first-order valence-corrected chi connectivity index (χ1v) is 12.8. The molecule has 0 bridgehead atoms. The molecule has 0 saturated heterocycles. The maximum absolute atomic E-state index is 13.1. The highest BCUT2D eigenvalue weighted by Crippen LogP contribution is 2.31. The van der Waals surface area contributed by atoms with Gasteiger partial charge in [-0.25, -0.2) is 13.4 Å². The van der Waals surface area contributed by atoms with Gasteiger partial charge in [-0.1, -0.05) is 38.9 Å². The molecule has 160 valence electrons. The predicted octanol–water partition coefficient (Wildman–Crippen LogP) is 4.47. The highest BCUT2D eigenvalue weighted by Gasteiger charge is 2.26. The van der Waals surface area contributed by atoms with Crippen molar-refractivity contribution in [2.24, 2.45) is 0 Å². The maximum Gasteiger partial charge on any atom is 0.244 e. The molecule has 0 N–H and O–H groups in total. The molecule has 0 unspecified atom stereocenters. The molecule has 0 aliphatic carbocycles. The van der Waals surface area contributed by atoms with Crippen LogP contribution < -0.4 is 4.90 Å². The second-order valence-corrected chi connectivity index (χ2v) is 11.4. The minimum atomic E-state index is -3.80. The van der Waals surface area contributed by atoms with E-state index in [4.69, 9.17) is 11.6 Å². The summed E-state index contributed by atoms with van der Waals surface area (Å²) in [5, 5.41) is 0.935. The first kappa shape index (κ1) is 23.1. The number of nitrogens with zero attached hydrogens (tertiary/aromatic N) is 3. The van der Waals surface area contributed by atoms with Crippen molar-refractivity contribution >= 4 is 70.0 Å². The summed E-state index contributed by atoms with van der Waals surface area (Å²) in [5.74, 6) is -1.13. The fourth-order valence-electron chi connectivity index (χ4n) is 2.84. The standard InChI is InChI=1S/C20H21BrClN3O3S2/c1-24(2)10-3-11-25(20-23-17-9-4-14(21)12-18(17)29-20)19(26)13-30(27,28)16-7-5-15(22)6-8-16/h4-9,12H,3,10-11,13H2,1-2H3. The van der Waals surface area contributed by atoms with Crippen molar-refractivity contribution in [3.63, 3.8) is 0 Å². The molecular weight excluding hydrogens is 510 g/mol. The van der Waals surface area contributed by atoms with Crippen LogP contribution in [0.4, 0.5) is 5.13 Å². The number of benzene rings is 2. The fraction of sp³-hybridized carbons (Fsp3) is 0.300. The molecule has 10 heteroatoms. The number of hydrogen-bond donors (Lipinski definition) is 0. The number of hydrogen-bond acceptors (Lipinski definition) is 6. The van der Waals surface area contributed by atoms with Crippen LogP contribution in [0.2, 0.25) is 5.02 Å². The van der Waals surface area contributed by atoms with Crippen molar-refractivity contribution in [2.75, 3.05) is 37.8 Å². The van der Waals surface area contributed by atoms with Gasteiger partial charge in [0.05, 0.1) is 15.1 Å². The number of amides is 1. The van der Waals surface area contributed by atoms with E-state index in [1.807, 2.05) is 37.2 Å². The number of rotatable bonds is 8. The van der Waals surface area contributed by atoms with Gasteiger partial charge in [-0.2, -0.15) is 0 Å². The molecule has 0 aliphatic rings. The second-order valence-electron chi connectivity index (χ2n) is 7.02. The third-order valence-corrected chi connectivity index (χ3v) is 7.75. The lowest BCUT2D eigenvalue weighted by molar-refractivity contribution is -0.116.